The summed E-state index contributed by atoms with van der Waals surface area (Å²) in [5.74, 6) is -0.318. The molecule has 0 saturated carbocycles. The second-order valence-electron chi connectivity index (χ2n) is 6.41. The van der Waals surface area contributed by atoms with E-state index in [0.717, 1.165) is 5.56 Å². The molecule has 0 saturated heterocycles. The molecule has 0 spiro atoms. The van der Waals surface area contributed by atoms with Crippen molar-refractivity contribution in [2.24, 2.45) is 0 Å². The number of benzene rings is 2. The molecule has 1 unspecified atom stereocenters. The molecule has 7 heteroatoms. The predicted octanol–water partition coefficient (Wildman–Crippen LogP) is 3.22. The molecule has 0 radical (unpaired) electrons. The molecule has 2 heterocycles. The highest BCUT2D eigenvalue weighted by atomic mass is 16.4. The molecule has 0 bridgehead atoms. The second kappa shape index (κ2) is 8.35. The van der Waals surface area contributed by atoms with E-state index in [2.05, 4.69) is 15.3 Å². The quantitative estimate of drug-likeness (QED) is 0.493. The summed E-state index contributed by atoms with van der Waals surface area (Å²) in [4.78, 5) is 33.9. The van der Waals surface area contributed by atoms with Crippen molar-refractivity contribution in [2.75, 3.05) is 0 Å². The van der Waals surface area contributed by atoms with Crippen LogP contribution in [0.5, 0.6) is 0 Å². The molecule has 4 aromatic rings. The molecular formula is C22H18N4O3. The summed E-state index contributed by atoms with van der Waals surface area (Å²) >= 11 is 0. The number of oxazole rings is 1. The third kappa shape index (κ3) is 4.30. The molecule has 2 aromatic heterocycles. The number of Topliss-reactive ketones (excluding diaryl/α,β-unsaturated/α-hetero) is 1. The fourth-order valence-corrected chi connectivity index (χ4v) is 2.93. The van der Waals surface area contributed by atoms with Crippen LogP contribution in [-0.4, -0.2) is 32.3 Å². The lowest BCUT2D eigenvalue weighted by Crippen LogP contribution is -2.43. The fourth-order valence-electron chi connectivity index (χ4n) is 2.93. The minimum atomic E-state index is -0.788. The topological polar surface area (TPSA) is 90.0 Å². The minimum absolute atomic E-state index is 0.0420. The van der Waals surface area contributed by atoms with Crippen LogP contribution in [0.25, 0.3) is 11.5 Å². The maximum absolute atomic E-state index is 13.0. The van der Waals surface area contributed by atoms with Gasteiger partial charge in [-0.2, -0.15) is 0 Å². The number of nitrogens with one attached hydrogen (secondary N) is 1. The molecule has 2 aromatic carbocycles. The number of hydrogen-bond acceptors (Lipinski definition) is 5. The van der Waals surface area contributed by atoms with Crippen molar-refractivity contribution in [1.29, 1.82) is 0 Å². The molecule has 0 fully saturated rings. The first-order valence-electron chi connectivity index (χ1n) is 9.08. The van der Waals surface area contributed by atoms with Gasteiger partial charge in [0.2, 0.25) is 11.7 Å². The monoisotopic (exact) mass is 386 g/mol. The van der Waals surface area contributed by atoms with E-state index in [0.29, 0.717) is 11.5 Å². The van der Waals surface area contributed by atoms with Crippen molar-refractivity contribution >= 4 is 11.7 Å². The molecule has 4 rings (SSSR count). The Hall–Kier alpha value is -4.00. The number of nitrogens with zero attached hydrogens (tertiary/aromatic N) is 3. The standard InChI is InChI=1S/C22H18N4O3/c27-20(16-7-3-1-4-8-16)18(14-26-12-11-23-15-26)25-21(28)19-13-24-22(29-19)17-9-5-2-6-10-17/h1-13,15,18H,14H2,(H,25,28). The van der Waals surface area contributed by atoms with Crippen molar-refractivity contribution in [2.45, 2.75) is 12.6 Å². The van der Waals surface area contributed by atoms with E-state index in [-0.39, 0.29) is 18.1 Å². The third-order valence-corrected chi connectivity index (χ3v) is 4.38. The van der Waals surface area contributed by atoms with Gasteiger partial charge in [0.1, 0.15) is 6.04 Å². The van der Waals surface area contributed by atoms with E-state index >= 15 is 0 Å². The Bertz CT molecular complexity index is 1090. The number of carbonyl (C=O) groups is 2. The van der Waals surface area contributed by atoms with Gasteiger partial charge in [0.05, 0.1) is 19.1 Å². The SMILES string of the molecule is O=C(NC(Cn1ccnc1)C(=O)c1ccccc1)c1cnc(-c2ccccc2)o1. The Morgan fingerprint density at radius 1 is 1.03 bits per heavy atom. The first-order valence-corrected chi connectivity index (χ1v) is 9.08. The van der Waals surface area contributed by atoms with Crippen molar-refractivity contribution in [1.82, 2.24) is 19.9 Å². The molecule has 0 aliphatic heterocycles. The lowest BCUT2D eigenvalue weighted by atomic mass is 10.0. The zero-order valence-corrected chi connectivity index (χ0v) is 15.4. The molecule has 144 valence electrons. The van der Waals surface area contributed by atoms with Gasteiger partial charge in [0.15, 0.2) is 5.78 Å². The van der Waals surface area contributed by atoms with Crippen molar-refractivity contribution in [3.05, 3.63) is 96.9 Å². The van der Waals surface area contributed by atoms with Gasteiger partial charge in [0.25, 0.3) is 5.91 Å². The maximum Gasteiger partial charge on any atom is 0.289 e. The average Bonchev–Trinajstić information content (AvgIpc) is 3.46. The smallest absolute Gasteiger partial charge is 0.289 e. The lowest BCUT2D eigenvalue weighted by Gasteiger charge is -2.17. The summed E-state index contributed by atoms with van der Waals surface area (Å²) < 4.78 is 7.34. The number of hydrogen-bond donors (Lipinski definition) is 1. The Morgan fingerprint density at radius 3 is 2.45 bits per heavy atom. The summed E-state index contributed by atoms with van der Waals surface area (Å²) in [7, 11) is 0. The van der Waals surface area contributed by atoms with Crippen molar-refractivity contribution in [3.8, 4) is 11.5 Å². The van der Waals surface area contributed by atoms with Crippen LogP contribution >= 0.6 is 0 Å². The van der Waals surface area contributed by atoms with E-state index in [1.165, 1.54) is 6.20 Å². The number of amides is 1. The van der Waals surface area contributed by atoms with Gasteiger partial charge in [-0.05, 0) is 12.1 Å². The van der Waals surface area contributed by atoms with E-state index in [9.17, 15) is 9.59 Å². The van der Waals surface area contributed by atoms with Gasteiger partial charge in [-0.25, -0.2) is 9.97 Å². The summed E-state index contributed by atoms with van der Waals surface area (Å²) in [6, 6.07) is 17.3. The Balaban J connectivity index is 1.55. The van der Waals surface area contributed by atoms with Gasteiger partial charge >= 0.3 is 0 Å². The van der Waals surface area contributed by atoms with Gasteiger partial charge in [-0.15, -0.1) is 0 Å². The minimum Gasteiger partial charge on any atom is -0.431 e. The molecule has 1 atom stereocenters. The third-order valence-electron chi connectivity index (χ3n) is 4.38. The first kappa shape index (κ1) is 18.4. The van der Waals surface area contributed by atoms with Crippen LogP contribution in [0.2, 0.25) is 0 Å². The van der Waals surface area contributed by atoms with Crippen LogP contribution in [0.4, 0.5) is 0 Å². The molecule has 29 heavy (non-hydrogen) atoms. The number of carbonyl (C=O) groups excluding carboxylic acids is 2. The molecule has 0 aliphatic carbocycles. The van der Waals surface area contributed by atoms with Crippen molar-refractivity contribution < 1.29 is 14.0 Å². The largest absolute Gasteiger partial charge is 0.431 e. The van der Waals surface area contributed by atoms with Crippen LogP contribution < -0.4 is 5.32 Å². The normalized spacial score (nSPS) is 11.7. The molecule has 1 N–H and O–H groups in total. The van der Waals surface area contributed by atoms with Crippen LogP contribution in [0.1, 0.15) is 20.9 Å². The van der Waals surface area contributed by atoms with Gasteiger partial charge in [0, 0.05) is 23.5 Å². The summed E-state index contributed by atoms with van der Waals surface area (Å²) in [5, 5.41) is 2.76. The first-order chi connectivity index (χ1) is 14.2. The highest BCUT2D eigenvalue weighted by Crippen LogP contribution is 2.18. The van der Waals surface area contributed by atoms with E-state index in [1.807, 2.05) is 36.4 Å². The van der Waals surface area contributed by atoms with Gasteiger partial charge in [-0.3, -0.25) is 9.59 Å². The Labute approximate surface area is 167 Å². The summed E-state index contributed by atoms with van der Waals surface area (Å²) in [5.41, 5.74) is 1.28. The van der Waals surface area contributed by atoms with E-state index in [4.69, 9.17) is 4.42 Å². The molecule has 0 aliphatic rings. The highest BCUT2D eigenvalue weighted by Gasteiger charge is 2.25. The number of imidazole rings is 1. The number of rotatable bonds is 7. The number of ketones is 1. The fraction of sp³-hybridized carbons (Fsp3) is 0.0909. The van der Waals surface area contributed by atoms with Crippen LogP contribution in [0.3, 0.4) is 0 Å². The second-order valence-corrected chi connectivity index (χ2v) is 6.41. The average molecular weight is 386 g/mol. The van der Waals surface area contributed by atoms with Gasteiger partial charge < -0.3 is 14.3 Å². The van der Waals surface area contributed by atoms with Crippen LogP contribution in [-0.2, 0) is 6.54 Å². The van der Waals surface area contributed by atoms with Crippen LogP contribution in [0, 0.1) is 0 Å². The molecule has 7 nitrogen and oxygen atoms in total. The summed E-state index contributed by atoms with van der Waals surface area (Å²) in [6.45, 7) is 0.249. The maximum atomic E-state index is 13.0. The van der Waals surface area contributed by atoms with E-state index < -0.39 is 11.9 Å². The van der Waals surface area contributed by atoms with Crippen LogP contribution in [0.15, 0.2) is 90.0 Å². The lowest BCUT2D eigenvalue weighted by molar-refractivity contribution is 0.0832. The van der Waals surface area contributed by atoms with Gasteiger partial charge in [-0.1, -0.05) is 48.5 Å². The van der Waals surface area contributed by atoms with E-state index in [1.54, 1.807) is 47.6 Å². The molecule has 1 amide bonds. The Kier molecular flexibility index (Phi) is 5.29. The zero-order valence-electron chi connectivity index (χ0n) is 15.4. The highest BCUT2D eigenvalue weighted by molar-refractivity contribution is 6.03. The Morgan fingerprint density at radius 2 is 1.76 bits per heavy atom. The van der Waals surface area contributed by atoms with Crippen molar-refractivity contribution in [3.63, 3.8) is 0 Å². The zero-order chi connectivity index (χ0) is 20.1. The number of aromatic nitrogens is 3. The predicted molar refractivity (Wildman–Crippen MR) is 106 cm³/mol. The molecular weight excluding hydrogens is 368 g/mol. The summed E-state index contributed by atoms with van der Waals surface area (Å²) in [6.07, 6.45) is 6.31.